The minimum absolute atomic E-state index is 0.0339. The van der Waals surface area contributed by atoms with E-state index in [0.717, 1.165) is 18.6 Å². The van der Waals surface area contributed by atoms with Crippen LogP contribution in [0.4, 0.5) is 8.78 Å². The van der Waals surface area contributed by atoms with Crippen molar-refractivity contribution in [3.8, 4) is 11.3 Å². The van der Waals surface area contributed by atoms with Crippen molar-refractivity contribution in [1.82, 2.24) is 24.9 Å². The lowest BCUT2D eigenvalue weighted by molar-refractivity contribution is -0.166. The van der Waals surface area contributed by atoms with Crippen molar-refractivity contribution in [2.75, 3.05) is 33.4 Å². The maximum absolute atomic E-state index is 14.1. The molecule has 5 heterocycles. The number of fused-ring (bicyclic) bond motifs is 1. The first-order valence-corrected chi connectivity index (χ1v) is 14.4. The number of nitrogens with zero attached hydrogens (tertiary/aromatic N) is 5. The van der Waals surface area contributed by atoms with Crippen LogP contribution in [0.5, 0.6) is 0 Å². The molecule has 5 atom stereocenters. The van der Waals surface area contributed by atoms with Crippen LogP contribution in [0.15, 0.2) is 35.5 Å². The quantitative estimate of drug-likeness (QED) is 0.389. The molecule has 0 spiro atoms. The first kappa shape index (κ1) is 28.7. The Labute approximate surface area is 247 Å². The third-order valence-electron chi connectivity index (χ3n) is 7.37. The Morgan fingerprint density at radius 2 is 2.00 bits per heavy atom. The van der Waals surface area contributed by atoms with E-state index in [1.54, 1.807) is 17.2 Å². The van der Waals surface area contributed by atoms with Crippen LogP contribution in [0.2, 0.25) is 10.0 Å². The molecule has 4 unspecified atom stereocenters. The number of thioether (sulfide) groups is 1. The summed E-state index contributed by atoms with van der Waals surface area (Å²) in [6.07, 6.45) is 1.83. The lowest BCUT2D eigenvalue weighted by atomic mass is 9.94. The van der Waals surface area contributed by atoms with Gasteiger partial charge in [-0.3, -0.25) is 4.79 Å². The van der Waals surface area contributed by atoms with E-state index in [2.05, 4.69) is 15.3 Å². The van der Waals surface area contributed by atoms with Crippen LogP contribution < -0.4 is 0 Å². The zero-order valence-electron chi connectivity index (χ0n) is 21.7. The number of pyridine rings is 1. The molecule has 10 nitrogen and oxygen atoms in total. The molecule has 0 saturated carbocycles. The van der Waals surface area contributed by atoms with E-state index >= 15 is 0 Å². The number of likely N-dealkylation sites (tertiary alicyclic amines) is 1. The largest absolute Gasteiger partial charge is 0.388 e. The third-order valence-corrected chi connectivity index (χ3v) is 9.22. The fourth-order valence-corrected chi connectivity index (χ4v) is 7.03. The maximum atomic E-state index is 14.1. The Balaban J connectivity index is 1.36. The summed E-state index contributed by atoms with van der Waals surface area (Å²) in [6, 6.07) is 3.29. The summed E-state index contributed by atoms with van der Waals surface area (Å²) in [5.74, 6) is -2.04. The van der Waals surface area contributed by atoms with Gasteiger partial charge in [-0.25, -0.2) is 18.4 Å². The van der Waals surface area contributed by atoms with Crippen LogP contribution in [0.3, 0.4) is 0 Å². The van der Waals surface area contributed by atoms with Crippen molar-refractivity contribution < 1.29 is 32.9 Å². The van der Waals surface area contributed by atoms with Crippen LogP contribution in [-0.2, 0) is 14.2 Å². The van der Waals surface area contributed by atoms with Crippen LogP contribution >= 0.6 is 35.0 Å². The molecule has 15 heteroatoms. The van der Waals surface area contributed by atoms with Crippen molar-refractivity contribution in [3.05, 3.63) is 58.0 Å². The van der Waals surface area contributed by atoms with Crippen molar-refractivity contribution in [2.24, 2.45) is 0 Å². The summed E-state index contributed by atoms with van der Waals surface area (Å²) >= 11 is 13.2. The van der Waals surface area contributed by atoms with Crippen molar-refractivity contribution in [1.29, 1.82) is 0 Å². The predicted molar refractivity (Wildman–Crippen MR) is 145 cm³/mol. The van der Waals surface area contributed by atoms with E-state index in [0.29, 0.717) is 23.0 Å². The van der Waals surface area contributed by atoms with E-state index in [9.17, 15) is 18.7 Å². The predicted octanol–water partition coefficient (Wildman–Crippen LogP) is 4.00. The molecule has 6 rings (SSSR count). The SMILES string of the molecule is COCC1(Sc2cc(Cl)cnc2C(=O)N2CCC2)CC(n2cc(-c3cc(F)c(Cl)c(F)c3)nn2)[C@H]2OCC(O)C2O1. The zero-order chi connectivity index (χ0) is 28.9. The Kier molecular flexibility index (Phi) is 7.96. The van der Waals surface area contributed by atoms with E-state index in [1.165, 1.54) is 29.8 Å². The maximum Gasteiger partial charge on any atom is 0.273 e. The van der Waals surface area contributed by atoms with E-state index in [-0.39, 0.29) is 42.5 Å². The number of halogens is 4. The molecular formula is C26H25Cl2F2N5O5S. The van der Waals surface area contributed by atoms with Crippen LogP contribution in [0.1, 0.15) is 29.4 Å². The summed E-state index contributed by atoms with van der Waals surface area (Å²) in [7, 11) is 1.52. The molecule has 3 aliphatic heterocycles. The van der Waals surface area contributed by atoms with Crippen molar-refractivity contribution >= 4 is 40.9 Å². The second-order valence-corrected chi connectivity index (χ2v) is 12.4. The van der Waals surface area contributed by atoms with E-state index in [1.807, 2.05) is 0 Å². The van der Waals surface area contributed by atoms with Crippen molar-refractivity contribution in [2.45, 2.75) is 47.0 Å². The van der Waals surface area contributed by atoms with Crippen LogP contribution in [0, 0.1) is 11.6 Å². The van der Waals surface area contributed by atoms with Gasteiger partial charge in [-0.15, -0.1) is 5.10 Å². The summed E-state index contributed by atoms with van der Waals surface area (Å²) in [5, 5.41) is 18.9. The van der Waals surface area contributed by atoms with Gasteiger partial charge in [0.25, 0.3) is 5.91 Å². The Morgan fingerprint density at radius 3 is 2.68 bits per heavy atom. The molecule has 3 saturated heterocycles. The van der Waals surface area contributed by atoms with Gasteiger partial charge in [-0.2, -0.15) is 0 Å². The minimum atomic E-state index is -1.13. The molecule has 3 aliphatic rings. The lowest BCUT2D eigenvalue weighted by Gasteiger charge is -2.45. The molecule has 3 fully saturated rings. The number of methoxy groups -OCH3 is 1. The lowest BCUT2D eigenvalue weighted by Crippen LogP contribution is -2.54. The number of benzene rings is 1. The highest BCUT2D eigenvalue weighted by molar-refractivity contribution is 8.00. The average Bonchev–Trinajstić information content (AvgIpc) is 3.53. The van der Waals surface area contributed by atoms with Gasteiger partial charge < -0.3 is 24.2 Å². The smallest absolute Gasteiger partial charge is 0.273 e. The highest BCUT2D eigenvalue weighted by Gasteiger charge is 2.55. The topological polar surface area (TPSA) is 112 Å². The first-order valence-electron chi connectivity index (χ1n) is 12.8. The number of carbonyl (C=O) groups excluding carboxylic acids is 1. The fraction of sp³-hybridized carbons (Fsp3) is 0.462. The molecule has 2 aromatic heterocycles. The fourth-order valence-electron chi connectivity index (χ4n) is 5.28. The second-order valence-electron chi connectivity index (χ2n) is 10.1. The monoisotopic (exact) mass is 627 g/mol. The van der Waals surface area contributed by atoms with Gasteiger partial charge in [0.2, 0.25) is 0 Å². The molecule has 0 bridgehead atoms. The Hall–Kier alpha value is -2.39. The van der Waals surface area contributed by atoms with Gasteiger partial charge in [0.1, 0.15) is 51.3 Å². The van der Waals surface area contributed by atoms with Gasteiger partial charge in [0.05, 0.1) is 30.5 Å². The van der Waals surface area contributed by atoms with Gasteiger partial charge in [-0.1, -0.05) is 40.2 Å². The summed E-state index contributed by atoms with van der Waals surface area (Å²) in [5.41, 5.74) is 0.616. The average molecular weight is 628 g/mol. The number of ether oxygens (including phenoxy) is 3. The van der Waals surface area contributed by atoms with E-state index < -0.39 is 45.9 Å². The molecule has 0 aliphatic carbocycles. The van der Waals surface area contributed by atoms with Gasteiger partial charge in [-0.05, 0) is 24.6 Å². The third kappa shape index (κ3) is 5.44. The number of aliphatic hydroxyl groups excluding tert-OH is 1. The summed E-state index contributed by atoms with van der Waals surface area (Å²) in [4.78, 5) is 18.6. The minimum Gasteiger partial charge on any atom is -0.388 e. The Bertz CT molecular complexity index is 1460. The Morgan fingerprint density at radius 1 is 1.24 bits per heavy atom. The normalized spacial score (nSPS) is 27.5. The van der Waals surface area contributed by atoms with Gasteiger partial charge in [0.15, 0.2) is 0 Å². The molecular weight excluding hydrogens is 603 g/mol. The number of hydrogen-bond donors (Lipinski definition) is 1. The highest BCUT2D eigenvalue weighted by Crippen LogP contribution is 2.50. The summed E-state index contributed by atoms with van der Waals surface area (Å²) in [6.45, 7) is 1.41. The van der Waals surface area contributed by atoms with Crippen LogP contribution in [-0.4, -0.2) is 92.5 Å². The molecule has 41 heavy (non-hydrogen) atoms. The second kappa shape index (κ2) is 11.4. The summed E-state index contributed by atoms with van der Waals surface area (Å²) < 4.78 is 47.8. The number of amides is 1. The van der Waals surface area contributed by atoms with Crippen LogP contribution in [0.25, 0.3) is 11.3 Å². The highest BCUT2D eigenvalue weighted by atomic mass is 35.5. The number of aromatic nitrogens is 4. The molecule has 1 amide bonds. The number of carbonyl (C=O) groups is 1. The number of hydrogen-bond acceptors (Lipinski definition) is 9. The number of aliphatic hydroxyl groups is 1. The molecule has 218 valence electrons. The molecule has 3 aromatic rings. The van der Waals surface area contributed by atoms with Gasteiger partial charge >= 0.3 is 0 Å². The molecule has 1 aromatic carbocycles. The van der Waals surface area contributed by atoms with Gasteiger partial charge in [0, 0.05) is 43.3 Å². The number of rotatable bonds is 7. The molecule has 1 N–H and O–H groups in total. The molecule has 0 radical (unpaired) electrons. The first-order chi connectivity index (χ1) is 19.7. The van der Waals surface area contributed by atoms with E-state index in [4.69, 9.17) is 37.4 Å². The zero-order valence-corrected chi connectivity index (χ0v) is 24.0. The van der Waals surface area contributed by atoms with Crippen molar-refractivity contribution in [3.63, 3.8) is 0 Å². The standard InChI is InChI=1S/C26H25Cl2F2N5O5S/c1-38-12-26(41-20-7-14(27)9-31-22(20)25(37)34-3-2-4-34)8-18(23-24(40-26)19(36)11-39-23)35-10-17(32-33-35)13-5-15(29)21(28)16(30)6-13/h5-7,9-10,18-19,23-24,36H,2-4,8,11-12H2,1H3/t18?,19?,23-,24?,26?/m1/s1.